The molecular weight excluding hydrogens is 416 g/mol. The molecule has 0 N–H and O–H groups in total. The Morgan fingerprint density at radius 3 is 2.39 bits per heavy atom. The molecule has 0 fully saturated rings. The lowest BCUT2D eigenvalue weighted by Gasteiger charge is -2.13. The first kappa shape index (κ1) is 19.9. The van der Waals surface area contributed by atoms with Gasteiger partial charge in [-0.1, -0.05) is 70.5 Å². The second-order valence-corrected chi connectivity index (χ2v) is 7.03. The van der Waals surface area contributed by atoms with E-state index in [9.17, 15) is 4.79 Å². The summed E-state index contributed by atoms with van der Waals surface area (Å²) in [7, 11) is 0. The van der Waals surface area contributed by atoms with E-state index < -0.39 is 0 Å². The molecule has 3 aromatic carbocycles. The quantitative estimate of drug-likeness (QED) is 0.306. The third-order valence-electron chi connectivity index (χ3n) is 4.06. The fourth-order valence-electron chi connectivity index (χ4n) is 2.63. The maximum Gasteiger partial charge on any atom is 0.185 e. The van der Waals surface area contributed by atoms with Gasteiger partial charge in [-0.25, -0.2) is 0 Å². The fourth-order valence-corrected chi connectivity index (χ4v) is 2.89. The van der Waals surface area contributed by atoms with Gasteiger partial charge in [0.2, 0.25) is 0 Å². The first-order valence-corrected chi connectivity index (χ1v) is 9.86. The normalized spacial score (nSPS) is 10.8. The number of ketones is 1. The Kier molecular flexibility index (Phi) is 7.04. The van der Waals surface area contributed by atoms with Crippen molar-refractivity contribution >= 4 is 27.8 Å². The summed E-state index contributed by atoms with van der Waals surface area (Å²) in [5.74, 6) is 1.30. The van der Waals surface area contributed by atoms with Crippen LogP contribution in [0.15, 0.2) is 83.3 Å². The second-order valence-electron chi connectivity index (χ2n) is 6.12. The summed E-state index contributed by atoms with van der Waals surface area (Å²) in [4.78, 5) is 12.2. The SMILES string of the molecule is CCOc1cc(/C=C/C(=O)c2ccccc2)ccc1OCc1ccc(Br)cc1. The van der Waals surface area contributed by atoms with Crippen LogP contribution in [0, 0.1) is 0 Å². The molecule has 3 aromatic rings. The number of carbonyl (C=O) groups excluding carboxylic acids is 1. The average Bonchev–Trinajstić information content (AvgIpc) is 2.73. The van der Waals surface area contributed by atoms with Gasteiger partial charge in [-0.3, -0.25) is 4.79 Å². The zero-order valence-corrected chi connectivity index (χ0v) is 17.2. The highest BCUT2D eigenvalue weighted by molar-refractivity contribution is 9.10. The van der Waals surface area contributed by atoms with Crippen molar-refractivity contribution in [3.63, 3.8) is 0 Å². The van der Waals surface area contributed by atoms with Gasteiger partial charge in [0.25, 0.3) is 0 Å². The van der Waals surface area contributed by atoms with Crippen molar-refractivity contribution in [3.05, 3.63) is 100 Å². The molecule has 0 bridgehead atoms. The van der Waals surface area contributed by atoms with Crippen LogP contribution in [0.3, 0.4) is 0 Å². The predicted octanol–water partition coefficient (Wildman–Crippen LogP) is 6.32. The number of halogens is 1. The summed E-state index contributed by atoms with van der Waals surface area (Å²) in [5, 5.41) is 0. The molecule has 3 nitrogen and oxygen atoms in total. The molecule has 0 heterocycles. The Labute approximate surface area is 173 Å². The molecule has 0 saturated heterocycles. The van der Waals surface area contributed by atoms with Gasteiger partial charge in [-0.2, -0.15) is 0 Å². The summed E-state index contributed by atoms with van der Waals surface area (Å²) in [6.45, 7) is 2.92. The molecule has 0 amide bonds. The minimum absolute atomic E-state index is 0.0332. The zero-order chi connectivity index (χ0) is 19.8. The third kappa shape index (κ3) is 5.57. The summed E-state index contributed by atoms with van der Waals surface area (Å²) in [6.07, 6.45) is 3.36. The molecule has 0 aliphatic carbocycles. The van der Waals surface area contributed by atoms with Crippen LogP contribution in [-0.2, 0) is 6.61 Å². The molecule has 0 unspecified atom stereocenters. The first-order chi connectivity index (χ1) is 13.7. The Balaban J connectivity index is 1.72. The highest BCUT2D eigenvalue weighted by Gasteiger charge is 2.07. The summed E-state index contributed by atoms with van der Waals surface area (Å²) in [5.41, 5.74) is 2.62. The van der Waals surface area contributed by atoms with Gasteiger partial charge in [0.15, 0.2) is 17.3 Å². The monoisotopic (exact) mass is 436 g/mol. The van der Waals surface area contributed by atoms with Gasteiger partial charge in [0.1, 0.15) is 6.61 Å². The van der Waals surface area contributed by atoms with E-state index >= 15 is 0 Å². The van der Waals surface area contributed by atoms with Crippen LogP contribution in [0.4, 0.5) is 0 Å². The van der Waals surface area contributed by atoms with Crippen molar-refractivity contribution in [2.75, 3.05) is 6.61 Å². The zero-order valence-electron chi connectivity index (χ0n) is 15.6. The van der Waals surface area contributed by atoms with Gasteiger partial charge in [-0.15, -0.1) is 0 Å². The van der Waals surface area contributed by atoms with E-state index in [1.807, 2.05) is 67.6 Å². The number of hydrogen-bond donors (Lipinski definition) is 0. The molecule has 0 atom stereocenters. The minimum Gasteiger partial charge on any atom is -0.490 e. The van der Waals surface area contributed by atoms with Crippen LogP contribution in [0.1, 0.15) is 28.4 Å². The van der Waals surface area contributed by atoms with Crippen molar-refractivity contribution in [3.8, 4) is 11.5 Å². The number of carbonyl (C=O) groups is 1. The van der Waals surface area contributed by atoms with Crippen molar-refractivity contribution in [1.82, 2.24) is 0 Å². The van der Waals surface area contributed by atoms with Crippen molar-refractivity contribution in [2.24, 2.45) is 0 Å². The van der Waals surface area contributed by atoms with Crippen molar-refractivity contribution in [1.29, 1.82) is 0 Å². The average molecular weight is 437 g/mol. The smallest absolute Gasteiger partial charge is 0.185 e. The number of ether oxygens (including phenoxy) is 2. The molecule has 3 rings (SSSR count). The van der Waals surface area contributed by atoms with Crippen molar-refractivity contribution in [2.45, 2.75) is 13.5 Å². The van der Waals surface area contributed by atoms with E-state index in [0.29, 0.717) is 30.3 Å². The van der Waals surface area contributed by atoms with E-state index in [1.165, 1.54) is 0 Å². The second kappa shape index (κ2) is 9.90. The maximum atomic E-state index is 12.2. The molecule has 142 valence electrons. The molecule has 0 aliphatic heterocycles. The third-order valence-corrected chi connectivity index (χ3v) is 4.59. The molecule has 0 radical (unpaired) electrons. The lowest BCUT2D eigenvalue weighted by molar-refractivity contribution is 0.104. The summed E-state index contributed by atoms with van der Waals surface area (Å²) < 4.78 is 12.7. The maximum absolute atomic E-state index is 12.2. The molecule has 4 heteroatoms. The van der Waals surface area contributed by atoms with Crippen LogP contribution in [0.2, 0.25) is 0 Å². The topological polar surface area (TPSA) is 35.5 Å². The van der Waals surface area contributed by atoms with Gasteiger partial charge in [0, 0.05) is 10.0 Å². The van der Waals surface area contributed by atoms with Gasteiger partial charge in [0.05, 0.1) is 6.61 Å². The Morgan fingerprint density at radius 1 is 0.929 bits per heavy atom. The highest BCUT2D eigenvalue weighted by atomic mass is 79.9. The lowest BCUT2D eigenvalue weighted by Crippen LogP contribution is -2.00. The standard InChI is InChI=1S/C24H21BrO3/c1-2-27-24-16-18(10-14-22(26)20-6-4-3-5-7-20)11-15-23(24)28-17-19-8-12-21(25)13-9-19/h3-16H,2,17H2,1H3/b14-10+. The Bertz CT molecular complexity index is 947. The van der Waals surface area contributed by atoms with E-state index in [0.717, 1.165) is 15.6 Å². The number of hydrogen-bond acceptors (Lipinski definition) is 3. The molecular formula is C24H21BrO3. The highest BCUT2D eigenvalue weighted by Crippen LogP contribution is 2.30. The van der Waals surface area contributed by atoms with Gasteiger partial charge >= 0.3 is 0 Å². The summed E-state index contributed by atoms with van der Waals surface area (Å²) in [6, 6.07) is 22.9. The van der Waals surface area contributed by atoms with Crippen LogP contribution < -0.4 is 9.47 Å². The van der Waals surface area contributed by atoms with E-state index in [2.05, 4.69) is 15.9 Å². The minimum atomic E-state index is -0.0332. The van der Waals surface area contributed by atoms with E-state index in [1.54, 1.807) is 24.3 Å². The molecule has 0 aromatic heterocycles. The molecule has 0 spiro atoms. The number of rotatable bonds is 8. The Morgan fingerprint density at radius 2 is 1.68 bits per heavy atom. The van der Waals surface area contributed by atoms with E-state index in [4.69, 9.17) is 9.47 Å². The molecule has 0 saturated carbocycles. The first-order valence-electron chi connectivity index (χ1n) is 9.07. The van der Waals surface area contributed by atoms with Crippen LogP contribution in [-0.4, -0.2) is 12.4 Å². The number of allylic oxidation sites excluding steroid dienone is 1. The van der Waals surface area contributed by atoms with Crippen molar-refractivity contribution < 1.29 is 14.3 Å². The van der Waals surface area contributed by atoms with Gasteiger partial charge < -0.3 is 9.47 Å². The Hall–Kier alpha value is -2.85. The predicted molar refractivity (Wildman–Crippen MR) is 116 cm³/mol. The van der Waals surface area contributed by atoms with Gasteiger partial charge in [-0.05, 0) is 48.4 Å². The fraction of sp³-hybridized carbons (Fsp3) is 0.125. The van der Waals surface area contributed by atoms with Crippen LogP contribution >= 0.6 is 15.9 Å². The van der Waals surface area contributed by atoms with Crippen LogP contribution in [0.5, 0.6) is 11.5 Å². The number of benzene rings is 3. The molecule has 0 aliphatic rings. The molecule has 28 heavy (non-hydrogen) atoms. The largest absolute Gasteiger partial charge is 0.490 e. The van der Waals surface area contributed by atoms with Crippen LogP contribution in [0.25, 0.3) is 6.08 Å². The summed E-state index contributed by atoms with van der Waals surface area (Å²) >= 11 is 3.43. The van der Waals surface area contributed by atoms with E-state index in [-0.39, 0.29) is 5.78 Å². The lowest BCUT2D eigenvalue weighted by atomic mass is 10.1.